The monoisotopic (exact) mass is 382 g/mol. The summed E-state index contributed by atoms with van der Waals surface area (Å²) < 4.78 is 0. The molecule has 2 bridgehead atoms. The fraction of sp³-hybridized carbons (Fsp3) is 0.320. The molecule has 0 aromatic heterocycles. The Morgan fingerprint density at radius 3 is 2.34 bits per heavy atom. The van der Waals surface area contributed by atoms with Gasteiger partial charge in [-0.05, 0) is 53.1 Å². The van der Waals surface area contributed by atoms with Crippen molar-refractivity contribution in [1.29, 1.82) is 5.26 Å². The van der Waals surface area contributed by atoms with E-state index in [1.54, 1.807) is 0 Å². The molecule has 2 heterocycles. The minimum atomic E-state index is 0.592. The molecule has 0 N–H and O–H groups in total. The fourth-order valence-electron chi connectivity index (χ4n) is 5.02. The summed E-state index contributed by atoms with van der Waals surface area (Å²) in [5.41, 5.74) is 4.67. The highest BCUT2D eigenvalue weighted by atomic mass is 15.3. The van der Waals surface area contributed by atoms with E-state index < -0.39 is 0 Å². The van der Waals surface area contributed by atoms with Gasteiger partial charge in [0.25, 0.3) is 0 Å². The third kappa shape index (κ3) is 3.12. The predicted octanol–water partition coefficient (Wildman–Crippen LogP) is 4.24. The van der Waals surface area contributed by atoms with Crippen molar-refractivity contribution in [3.05, 3.63) is 71.8 Å². The lowest BCUT2D eigenvalue weighted by Gasteiger charge is -2.36. The first-order valence-electron chi connectivity index (χ1n) is 10.3. The van der Waals surface area contributed by atoms with Gasteiger partial charge in [0.1, 0.15) is 0 Å². The summed E-state index contributed by atoms with van der Waals surface area (Å²) in [4.78, 5) is 7.35. The molecule has 2 saturated heterocycles. The summed E-state index contributed by atoms with van der Waals surface area (Å²) in [6.07, 6.45) is 1.24. The molecule has 0 saturated carbocycles. The van der Waals surface area contributed by atoms with Crippen LogP contribution in [0, 0.1) is 11.3 Å². The van der Waals surface area contributed by atoms with Gasteiger partial charge in [-0.15, -0.1) is 0 Å². The largest absolute Gasteiger partial charge is 0.378 e. The van der Waals surface area contributed by atoms with Crippen LogP contribution in [0.3, 0.4) is 0 Å². The fourth-order valence-corrected chi connectivity index (χ4v) is 5.02. The van der Waals surface area contributed by atoms with E-state index in [0.717, 1.165) is 30.6 Å². The minimum absolute atomic E-state index is 0.592. The number of benzene rings is 3. The van der Waals surface area contributed by atoms with Crippen LogP contribution in [0.1, 0.15) is 17.5 Å². The minimum Gasteiger partial charge on any atom is -0.378 e. The zero-order valence-electron chi connectivity index (χ0n) is 17.0. The molecule has 3 aromatic carbocycles. The predicted molar refractivity (Wildman–Crippen MR) is 119 cm³/mol. The average Bonchev–Trinajstić information content (AvgIpc) is 3.34. The molecule has 4 heteroatoms. The Balaban J connectivity index is 1.33. The van der Waals surface area contributed by atoms with E-state index in [4.69, 9.17) is 0 Å². The molecule has 0 radical (unpaired) electrons. The molecule has 2 atom stereocenters. The van der Waals surface area contributed by atoms with Crippen LogP contribution < -0.4 is 9.80 Å². The Hall–Kier alpha value is -3.03. The van der Waals surface area contributed by atoms with Gasteiger partial charge in [0.2, 0.25) is 0 Å². The van der Waals surface area contributed by atoms with E-state index in [2.05, 4.69) is 83.4 Å². The van der Waals surface area contributed by atoms with Gasteiger partial charge in [0.05, 0.1) is 11.6 Å². The van der Waals surface area contributed by atoms with Crippen molar-refractivity contribution >= 4 is 22.1 Å². The average molecular weight is 383 g/mol. The van der Waals surface area contributed by atoms with Crippen LogP contribution in [0.2, 0.25) is 0 Å². The summed E-state index contributed by atoms with van der Waals surface area (Å²) in [5, 5.41) is 11.7. The normalized spacial score (nSPS) is 20.9. The standard InChI is InChI=1S/C25H26N4/c1-27(2)20-9-11-21(12-10-20)29-17-22-13-23(29)16-28(22)15-19-8-7-18(14-26)24-5-3-4-6-25(19)24/h3-12,22-23H,13,15-17H2,1-2H3/t22-,23-/m0/s1. The number of anilines is 2. The maximum Gasteiger partial charge on any atom is 0.0998 e. The van der Waals surface area contributed by atoms with Crippen molar-refractivity contribution in [1.82, 2.24) is 4.90 Å². The van der Waals surface area contributed by atoms with Crippen LogP contribution in [0.25, 0.3) is 10.8 Å². The lowest BCUT2D eigenvalue weighted by atomic mass is 9.99. The maximum atomic E-state index is 9.41. The molecule has 3 aromatic rings. The first-order valence-corrected chi connectivity index (χ1v) is 10.3. The third-order valence-corrected chi connectivity index (χ3v) is 6.56. The molecule has 2 fully saturated rings. The number of nitriles is 1. The van der Waals surface area contributed by atoms with E-state index in [9.17, 15) is 5.26 Å². The number of nitrogens with zero attached hydrogens (tertiary/aromatic N) is 4. The number of hydrogen-bond acceptors (Lipinski definition) is 4. The summed E-state index contributed by atoms with van der Waals surface area (Å²) in [6.45, 7) is 3.16. The Morgan fingerprint density at radius 1 is 0.931 bits per heavy atom. The van der Waals surface area contributed by atoms with Crippen LogP contribution >= 0.6 is 0 Å². The molecule has 5 rings (SSSR count). The second-order valence-corrected chi connectivity index (χ2v) is 8.47. The second-order valence-electron chi connectivity index (χ2n) is 8.47. The number of likely N-dealkylation sites (tertiary alicyclic amines) is 1. The van der Waals surface area contributed by atoms with Gasteiger partial charge in [-0.1, -0.05) is 30.3 Å². The number of rotatable bonds is 4. The van der Waals surface area contributed by atoms with Crippen molar-refractivity contribution in [2.24, 2.45) is 0 Å². The van der Waals surface area contributed by atoms with Gasteiger partial charge < -0.3 is 9.80 Å². The maximum absolute atomic E-state index is 9.41. The van der Waals surface area contributed by atoms with Crippen molar-refractivity contribution in [2.45, 2.75) is 25.0 Å². The molecular weight excluding hydrogens is 356 g/mol. The zero-order valence-corrected chi connectivity index (χ0v) is 17.0. The highest BCUT2D eigenvalue weighted by Gasteiger charge is 2.43. The van der Waals surface area contributed by atoms with E-state index in [-0.39, 0.29) is 0 Å². The highest BCUT2D eigenvalue weighted by Crippen LogP contribution is 2.36. The molecule has 4 nitrogen and oxygen atoms in total. The van der Waals surface area contributed by atoms with Crippen molar-refractivity contribution in [2.75, 3.05) is 37.0 Å². The van der Waals surface area contributed by atoms with Gasteiger partial charge >= 0.3 is 0 Å². The third-order valence-electron chi connectivity index (χ3n) is 6.56. The molecular formula is C25H26N4. The van der Waals surface area contributed by atoms with Gasteiger partial charge in [-0.2, -0.15) is 5.26 Å². The first-order chi connectivity index (χ1) is 14.1. The van der Waals surface area contributed by atoms with Gasteiger partial charge in [-0.3, -0.25) is 4.90 Å². The number of piperazine rings is 1. The lowest BCUT2D eigenvalue weighted by molar-refractivity contribution is 0.231. The van der Waals surface area contributed by atoms with E-state index in [1.807, 2.05) is 12.1 Å². The quantitative estimate of drug-likeness (QED) is 0.676. The summed E-state index contributed by atoms with van der Waals surface area (Å²) in [5.74, 6) is 0. The Bertz CT molecular complexity index is 1080. The molecule has 0 amide bonds. The summed E-state index contributed by atoms with van der Waals surface area (Å²) in [7, 11) is 4.16. The van der Waals surface area contributed by atoms with Crippen LogP contribution in [0.5, 0.6) is 0 Å². The lowest BCUT2D eigenvalue weighted by Crippen LogP contribution is -2.46. The number of fused-ring (bicyclic) bond motifs is 3. The zero-order chi connectivity index (χ0) is 20.0. The smallest absolute Gasteiger partial charge is 0.0998 e. The number of hydrogen-bond donors (Lipinski definition) is 0. The topological polar surface area (TPSA) is 33.5 Å². The van der Waals surface area contributed by atoms with Crippen molar-refractivity contribution < 1.29 is 0 Å². The molecule has 2 aliphatic heterocycles. The van der Waals surface area contributed by atoms with Gasteiger partial charge in [-0.25, -0.2) is 0 Å². The van der Waals surface area contributed by atoms with Crippen LogP contribution in [-0.4, -0.2) is 44.2 Å². The van der Waals surface area contributed by atoms with Crippen molar-refractivity contribution in [3.8, 4) is 6.07 Å². The van der Waals surface area contributed by atoms with Crippen LogP contribution in [0.4, 0.5) is 11.4 Å². The molecule has 29 heavy (non-hydrogen) atoms. The van der Waals surface area contributed by atoms with E-state index >= 15 is 0 Å². The molecule has 2 aliphatic rings. The molecule has 0 unspecified atom stereocenters. The Kier molecular flexibility index (Phi) is 4.41. The van der Waals surface area contributed by atoms with Gasteiger partial charge in [0.15, 0.2) is 0 Å². The summed E-state index contributed by atoms with van der Waals surface area (Å²) in [6, 6.07) is 24.9. The Labute approximate surface area is 172 Å². The SMILES string of the molecule is CN(C)c1ccc(N2C[C@@H]3C[C@H]2CN3Cc2ccc(C#N)c3ccccc23)cc1. The first kappa shape index (κ1) is 18.0. The van der Waals surface area contributed by atoms with E-state index in [0.29, 0.717) is 12.1 Å². The van der Waals surface area contributed by atoms with E-state index in [1.165, 1.54) is 28.7 Å². The molecule has 146 valence electrons. The Morgan fingerprint density at radius 2 is 1.69 bits per heavy atom. The molecule has 0 aliphatic carbocycles. The van der Waals surface area contributed by atoms with Crippen LogP contribution in [-0.2, 0) is 6.54 Å². The van der Waals surface area contributed by atoms with Crippen LogP contribution in [0.15, 0.2) is 60.7 Å². The molecule has 0 spiro atoms. The van der Waals surface area contributed by atoms with Crippen molar-refractivity contribution in [3.63, 3.8) is 0 Å². The second kappa shape index (κ2) is 7.09. The summed E-state index contributed by atoms with van der Waals surface area (Å²) >= 11 is 0. The van der Waals surface area contributed by atoms with Gasteiger partial charge in [0, 0.05) is 57.2 Å². The highest BCUT2D eigenvalue weighted by molar-refractivity contribution is 5.90.